The van der Waals surface area contributed by atoms with Gasteiger partial charge in [0.05, 0.1) is 6.54 Å². The van der Waals surface area contributed by atoms with E-state index in [1.54, 1.807) is 7.05 Å². The number of nitrogens with zero attached hydrogens (tertiary/aromatic N) is 2. The summed E-state index contributed by atoms with van der Waals surface area (Å²) >= 11 is 0. The minimum absolute atomic E-state index is 0.0577. The maximum atomic E-state index is 12.5. The molecule has 0 aliphatic heterocycles. The Morgan fingerprint density at radius 1 is 0.962 bits per heavy atom. The first-order chi connectivity index (χ1) is 12.7. The Labute approximate surface area is 156 Å². The molecule has 0 saturated carbocycles. The fraction of sp³-hybridized carbons (Fsp3) is 0.333. The molecule has 0 aliphatic carbocycles. The van der Waals surface area contributed by atoms with Gasteiger partial charge in [-0.2, -0.15) is 0 Å². The lowest BCUT2D eigenvalue weighted by atomic mass is 10.1. The summed E-state index contributed by atoms with van der Waals surface area (Å²) in [5.41, 5.74) is 2.40. The summed E-state index contributed by atoms with van der Waals surface area (Å²) in [6.07, 6.45) is 0.907. The largest absolute Gasteiger partial charge is 0.356 e. The van der Waals surface area contributed by atoms with Gasteiger partial charge in [0.15, 0.2) is 5.96 Å². The Balaban J connectivity index is 1.76. The zero-order valence-electron chi connectivity index (χ0n) is 15.6. The molecule has 0 spiro atoms. The smallest absolute Gasteiger partial charge is 0.242 e. The lowest BCUT2D eigenvalue weighted by Crippen LogP contribution is -2.44. The Morgan fingerprint density at radius 3 is 2.15 bits per heavy atom. The molecule has 5 heteroatoms. The Bertz CT molecular complexity index is 686. The lowest BCUT2D eigenvalue weighted by molar-refractivity contribution is -0.130. The standard InChI is InChI=1S/C21H28N4O/c1-3-25(17-19-12-8-5-9-13-19)20(26)16-24-21(22-2)23-15-14-18-10-6-4-7-11-18/h4-13H,3,14-17H2,1-2H3,(H2,22,23,24). The fourth-order valence-electron chi connectivity index (χ4n) is 2.64. The van der Waals surface area contributed by atoms with Crippen LogP contribution >= 0.6 is 0 Å². The molecule has 0 aromatic heterocycles. The predicted octanol–water partition coefficient (Wildman–Crippen LogP) is 2.44. The number of carbonyl (C=O) groups is 1. The van der Waals surface area contributed by atoms with Gasteiger partial charge in [-0.25, -0.2) is 0 Å². The maximum absolute atomic E-state index is 12.5. The van der Waals surface area contributed by atoms with Crippen molar-refractivity contribution < 1.29 is 4.79 Å². The normalized spacial score (nSPS) is 11.1. The van der Waals surface area contributed by atoms with Crippen LogP contribution in [0.4, 0.5) is 0 Å². The first kappa shape index (κ1) is 19.5. The quantitative estimate of drug-likeness (QED) is 0.567. The van der Waals surface area contributed by atoms with Gasteiger partial charge >= 0.3 is 0 Å². The molecule has 0 heterocycles. The molecule has 2 aromatic carbocycles. The van der Waals surface area contributed by atoms with E-state index in [-0.39, 0.29) is 12.5 Å². The molecule has 0 atom stereocenters. The molecule has 0 bridgehead atoms. The molecular weight excluding hydrogens is 324 g/mol. The van der Waals surface area contributed by atoms with Crippen molar-refractivity contribution >= 4 is 11.9 Å². The fourth-order valence-corrected chi connectivity index (χ4v) is 2.64. The van der Waals surface area contributed by atoms with Gasteiger partial charge in [-0.15, -0.1) is 0 Å². The first-order valence-corrected chi connectivity index (χ1v) is 9.03. The number of benzene rings is 2. The Morgan fingerprint density at radius 2 is 1.58 bits per heavy atom. The molecule has 138 valence electrons. The number of carbonyl (C=O) groups excluding carboxylic acids is 1. The summed E-state index contributed by atoms with van der Waals surface area (Å²) in [6, 6.07) is 20.3. The SMILES string of the molecule is CCN(Cc1ccccc1)C(=O)CNC(=NC)NCCc1ccccc1. The van der Waals surface area contributed by atoms with Gasteiger partial charge in [0.2, 0.25) is 5.91 Å². The second-order valence-electron chi connectivity index (χ2n) is 5.98. The molecule has 2 rings (SSSR count). The minimum Gasteiger partial charge on any atom is -0.356 e. The molecule has 1 amide bonds. The van der Waals surface area contributed by atoms with Crippen LogP contribution in [0.5, 0.6) is 0 Å². The maximum Gasteiger partial charge on any atom is 0.242 e. The van der Waals surface area contributed by atoms with E-state index in [0.717, 1.165) is 18.5 Å². The molecule has 26 heavy (non-hydrogen) atoms. The average molecular weight is 352 g/mol. The topological polar surface area (TPSA) is 56.7 Å². The van der Waals surface area contributed by atoms with Crippen LogP contribution in [0, 0.1) is 0 Å². The van der Waals surface area contributed by atoms with Gasteiger partial charge in [-0.05, 0) is 24.5 Å². The van der Waals surface area contributed by atoms with Crippen molar-refractivity contribution in [2.45, 2.75) is 19.9 Å². The summed E-state index contributed by atoms with van der Waals surface area (Å²) < 4.78 is 0. The van der Waals surface area contributed by atoms with Gasteiger partial charge in [-0.3, -0.25) is 9.79 Å². The van der Waals surface area contributed by atoms with Gasteiger partial charge in [0.25, 0.3) is 0 Å². The van der Waals surface area contributed by atoms with E-state index in [1.807, 2.05) is 60.4 Å². The van der Waals surface area contributed by atoms with Gasteiger partial charge < -0.3 is 15.5 Å². The molecule has 5 nitrogen and oxygen atoms in total. The number of nitrogens with one attached hydrogen (secondary N) is 2. The van der Waals surface area contributed by atoms with Crippen LogP contribution in [-0.4, -0.2) is 43.4 Å². The van der Waals surface area contributed by atoms with Gasteiger partial charge in [0.1, 0.15) is 0 Å². The second kappa shape index (κ2) is 10.9. The van der Waals surface area contributed by atoms with Crippen LogP contribution in [0.15, 0.2) is 65.7 Å². The van der Waals surface area contributed by atoms with Crippen molar-refractivity contribution in [2.24, 2.45) is 4.99 Å². The first-order valence-electron chi connectivity index (χ1n) is 9.03. The van der Waals surface area contributed by atoms with Crippen LogP contribution in [0.2, 0.25) is 0 Å². The summed E-state index contributed by atoms with van der Waals surface area (Å²) in [6.45, 7) is 4.28. The molecule has 2 N–H and O–H groups in total. The zero-order valence-corrected chi connectivity index (χ0v) is 15.6. The number of guanidine groups is 1. The average Bonchev–Trinajstić information content (AvgIpc) is 2.70. The highest BCUT2D eigenvalue weighted by Crippen LogP contribution is 2.04. The third kappa shape index (κ3) is 6.59. The highest BCUT2D eigenvalue weighted by molar-refractivity contribution is 5.86. The molecule has 0 aliphatic rings. The monoisotopic (exact) mass is 352 g/mol. The van der Waals surface area contributed by atoms with Crippen LogP contribution in [-0.2, 0) is 17.8 Å². The highest BCUT2D eigenvalue weighted by atomic mass is 16.2. The summed E-state index contributed by atoms with van der Waals surface area (Å²) in [5, 5.41) is 6.35. The van der Waals surface area contributed by atoms with Crippen LogP contribution in [0.3, 0.4) is 0 Å². The van der Waals surface area contributed by atoms with Gasteiger partial charge in [-0.1, -0.05) is 60.7 Å². The number of hydrogen-bond acceptors (Lipinski definition) is 2. The van der Waals surface area contributed by atoms with E-state index in [1.165, 1.54) is 5.56 Å². The molecular formula is C21H28N4O. The molecule has 0 saturated heterocycles. The van der Waals surface area contributed by atoms with Crippen molar-refractivity contribution in [1.82, 2.24) is 15.5 Å². The van der Waals surface area contributed by atoms with Crippen molar-refractivity contribution in [2.75, 3.05) is 26.7 Å². The Kier molecular flexibility index (Phi) is 8.19. The van der Waals surface area contributed by atoms with Crippen LogP contribution in [0.25, 0.3) is 0 Å². The third-order valence-electron chi connectivity index (χ3n) is 4.13. The van der Waals surface area contributed by atoms with Crippen molar-refractivity contribution in [3.63, 3.8) is 0 Å². The van der Waals surface area contributed by atoms with Crippen molar-refractivity contribution in [3.05, 3.63) is 71.8 Å². The predicted molar refractivity (Wildman–Crippen MR) is 107 cm³/mol. The van der Waals surface area contributed by atoms with E-state index in [4.69, 9.17) is 0 Å². The van der Waals surface area contributed by atoms with E-state index in [2.05, 4.69) is 27.8 Å². The number of amides is 1. The number of rotatable bonds is 8. The van der Waals surface area contributed by atoms with E-state index in [9.17, 15) is 4.79 Å². The van der Waals surface area contributed by atoms with E-state index >= 15 is 0 Å². The van der Waals surface area contributed by atoms with Gasteiger partial charge in [0, 0.05) is 26.7 Å². The third-order valence-corrected chi connectivity index (χ3v) is 4.13. The summed E-state index contributed by atoms with van der Waals surface area (Å²) in [5.74, 6) is 0.701. The lowest BCUT2D eigenvalue weighted by Gasteiger charge is -2.22. The molecule has 2 aromatic rings. The van der Waals surface area contributed by atoms with Crippen LogP contribution < -0.4 is 10.6 Å². The Hall–Kier alpha value is -2.82. The minimum atomic E-state index is 0.0577. The van der Waals surface area contributed by atoms with Crippen LogP contribution in [0.1, 0.15) is 18.1 Å². The highest BCUT2D eigenvalue weighted by Gasteiger charge is 2.12. The van der Waals surface area contributed by atoms with Crippen molar-refractivity contribution in [1.29, 1.82) is 0 Å². The zero-order chi connectivity index (χ0) is 18.6. The summed E-state index contributed by atoms with van der Waals surface area (Å²) in [4.78, 5) is 18.5. The van der Waals surface area contributed by atoms with E-state index in [0.29, 0.717) is 19.0 Å². The summed E-state index contributed by atoms with van der Waals surface area (Å²) in [7, 11) is 1.71. The van der Waals surface area contributed by atoms with E-state index < -0.39 is 0 Å². The molecule has 0 fully saturated rings. The number of aliphatic imine (C=N–C) groups is 1. The number of hydrogen-bond donors (Lipinski definition) is 2. The molecule has 0 unspecified atom stereocenters. The van der Waals surface area contributed by atoms with Crippen molar-refractivity contribution in [3.8, 4) is 0 Å². The number of likely N-dealkylation sites (N-methyl/N-ethyl adjacent to an activating group) is 1. The molecule has 0 radical (unpaired) electrons. The second-order valence-corrected chi connectivity index (χ2v) is 5.98.